The van der Waals surface area contributed by atoms with Gasteiger partial charge in [0, 0.05) is 18.4 Å². The number of hydrogen-bond acceptors (Lipinski definition) is 4. The van der Waals surface area contributed by atoms with Gasteiger partial charge in [-0.25, -0.2) is 0 Å². The fourth-order valence-corrected chi connectivity index (χ4v) is 6.99. The number of hydrogen-bond donors (Lipinski definition) is 0. The normalized spacial score (nSPS) is 44.0. The van der Waals surface area contributed by atoms with Crippen LogP contribution in [-0.2, 0) is 14.3 Å². The minimum absolute atomic E-state index is 0.160. The molecule has 0 heterocycles. The lowest BCUT2D eigenvalue weighted by Gasteiger charge is -2.59. The molecule has 4 heteroatoms. The van der Waals surface area contributed by atoms with Crippen LogP contribution in [0.3, 0.4) is 0 Å². The summed E-state index contributed by atoms with van der Waals surface area (Å²) in [5.74, 6) is 2.66. The predicted octanol–water partition coefficient (Wildman–Crippen LogP) is 4.77. The highest BCUT2D eigenvalue weighted by molar-refractivity contribution is 5.79. The molecule has 3 aliphatic rings. The summed E-state index contributed by atoms with van der Waals surface area (Å²) in [6.45, 7) is 10.1. The summed E-state index contributed by atoms with van der Waals surface area (Å²) in [4.78, 5) is 12.3. The first-order chi connectivity index (χ1) is 12.9. The zero-order valence-electron chi connectivity index (χ0n) is 17.6. The Kier molecular flexibility index (Phi) is 6.33. The van der Waals surface area contributed by atoms with Gasteiger partial charge in [0.05, 0.1) is 19.3 Å². The zero-order valence-corrected chi connectivity index (χ0v) is 17.6. The van der Waals surface area contributed by atoms with E-state index < -0.39 is 5.60 Å². The Bertz CT molecular complexity index is 585. The molecule has 3 rings (SSSR count). The summed E-state index contributed by atoms with van der Waals surface area (Å²) in [7, 11) is 0. The van der Waals surface area contributed by atoms with E-state index in [9.17, 15) is 10.1 Å². The maximum atomic E-state index is 12.3. The number of carbonyl (C=O) groups excluding carboxylic acids is 1. The standard InChI is InChI=1S/C23H37NO3/c1-5-26-13-14-27-23(15-24)12-10-19-18(16(23)2)9-11-22(4)20(17(3)25)7-6-8-21(19)22/h16,18-21H,5-14H2,1-4H3/t16?,18-,19-,20?,21+,22-,23?/m1/s1. The van der Waals surface area contributed by atoms with Gasteiger partial charge in [0.25, 0.3) is 0 Å². The SMILES string of the molecule is CCOCCOC1(C#N)CC[C@@H]2[C@H](CC[C@]3(C)C(C(C)=O)CCC[C@@H]23)C1C. The highest BCUT2D eigenvalue weighted by atomic mass is 16.5. The van der Waals surface area contributed by atoms with Crippen molar-refractivity contribution in [3.8, 4) is 6.07 Å². The zero-order chi connectivity index (χ0) is 19.7. The Labute approximate surface area is 165 Å². The molecule has 7 atom stereocenters. The quantitative estimate of drug-likeness (QED) is 0.628. The molecule has 0 N–H and O–H groups in total. The Balaban J connectivity index is 1.76. The average molecular weight is 376 g/mol. The first-order valence-electron chi connectivity index (χ1n) is 11.0. The van der Waals surface area contributed by atoms with Gasteiger partial charge in [0.15, 0.2) is 5.60 Å². The summed E-state index contributed by atoms with van der Waals surface area (Å²) < 4.78 is 11.6. The summed E-state index contributed by atoms with van der Waals surface area (Å²) in [5.41, 5.74) is -0.506. The van der Waals surface area contributed by atoms with Crippen molar-refractivity contribution in [2.75, 3.05) is 19.8 Å². The number of nitrogens with zero attached hydrogens (tertiary/aromatic N) is 1. The number of rotatable bonds is 6. The molecule has 0 aromatic carbocycles. The maximum absolute atomic E-state index is 12.3. The molecule has 0 spiro atoms. The highest BCUT2D eigenvalue weighted by Gasteiger charge is 2.58. The van der Waals surface area contributed by atoms with Gasteiger partial charge in [0.2, 0.25) is 0 Å². The van der Waals surface area contributed by atoms with Crippen molar-refractivity contribution in [1.82, 2.24) is 0 Å². The molecule has 0 radical (unpaired) electrons. The van der Waals surface area contributed by atoms with Crippen molar-refractivity contribution in [3.05, 3.63) is 0 Å². The Hall–Kier alpha value is -0.920. The molecule has 27 heavy (non-hydrogen) atoms. The van der Waals surface area contributed by atoms with E-state index in [0.29, 0.717) is 43.4 Å². The molecule has 152 valence electrons. The molecule has 0 saturated heterocycles. The largest absolute Gasteiger partial charge is 0.379 e. The van der Waals surface area contributed by atoms with Gasteiger partial charge in [-0.15, -0.1) is 0 Å². The topological polar surface area (TPSA) is 59.3 Å². The van der Waals surface area contributed by atoms with E-state index in [-0.39, 0.29) is 17.3 Å². The lowest BCUT2D eigenvalue weighted by molar-refractivity contribution is -0.160. The fourth-order valence-electron chi connectivity index (χ4n) is 6.99. The monoisotopic (exact) mass is 375 g/mol. The second kappa shape index (κ2) is 8.21. The van der Waals surface area contributed by atoms with Crippen molar-refractivity contribution in [3.63, 3.8) is 0 Å². The third-order valence-electron chi connectivity index (χ3n) is 8.43. The van der Waals surface area contributed by atoms with Gasteiger partial charge in [-0.1, -0.05) is 20.3 Å². The van der Waals surface area contributed by atoms with Crippen LogP contribution in [0.15, 0.2) is 0 Å². The van der Waals surface area contributed by atoms with Crippen LogP contribution in [0.2, 0.25) is 0 Å². The van der Waals surface area contributed by atoms with Crippen molar-refractivity contribution < 1.29 is 14.3 Å². The molecule has 3 saturated carbocycles. The number of Topliss-reactive ketones (excluding diaryl/α,β-unsaturated/α-hetero) is 1. The van der Waals surface area contributed by atoms with Crippen molar-refractivity contribution >= 4 is 5.78 Å². The molecule has 0 aromatic heterocycles. The molecular weight excluding hydrogens is 338 g/mol. The van der Waals surface area contributed by atoms with Gasteiger partial charge in [-0.05, 0) is 75.5 Å². The van der Waals surface area contributed by atoms with Crippen molar-refractivity contribution in [2.24, 2.45) is 35.0 Å². The lowest BCUT2D eigenvalue weighted by Crippen LogP contribution is -2.57. The maximum Gasteiger partial charge on any atom is 0.157 e. The van der Waals surface area contributed by atoms with Crippen LogP contribution >= 0.6 is 0 Å². The predicted molar refractivity (Wildman–Crippen MR) is 105 cm³/mol. The molecule has 4 nitrogen and oxygen atoms in total. The molecular formula is C23H37NO3. The van der Waals surface area contributed by atoms with E-state index in [4.69, 9.17) is 9.47 Å². The van der Waals surface area contributed by atoms with Crippen molar-refractivity contribution in [1.29, 1.82) is 5.26 Å². The van der Waals surface area contributed by atoms with E-state index in [1.165, 1.54) is 12.8 Å². The van der Waals surface area contributed by atoms with Gasteiger partial charge < -0.3 is 9.47 Å². The summed E-state index contributed by atoms with van der Waals surface area (Å²) in [6, 6.07) is 2.55. The van der Waals surface area contributed by atoms with Crippen LogP contribution in [0, 0.1) is 46.3 Å². The van der Waals surface area contributed by atoms with E-state index >= 15 is 0 Å². The second-order valence-corrected chi connectivity index (χ2v) is 9.45. The summed E-state index contributed by atoms with van der Waals surface area (Å²) in [5, 5.41) is 10.00. The molecule has 3 unspecified atom stereocenters. The van der Waals surface area contributed by atoms with Crippen LogP contribution in [0.1, 0.15) is 72.6 Å². The van der Waals surface area contributed by atoms with Crippen LogP contribution in [-0.4, -0.2) is 31.2 Å². The first-order valence-corrected chi connectivity index (χ1v) is 11.0. The molecule has 3 fully saturated rings. The number of carbonyl (C=O) groups is 1. The van der Waals surface area contributed by atoms with E-state index in [0.717, 1.165) is 32.1 Å². The smallest absolute Gasteiger partial charge is 0.157 e. The van der Waals surface area contributed by atoms with Gasteiger partial charge in [-0.2, -0.15) is 5.26 Å². The lowest BCUT2D eigenvalue weighted by atomic mass is 9.45. The van der Waals surface area contributed by atoms with Gasteiger partial charge >= 0.3 is 0 Å². The van der Waals surface area contributed by atoms with Crippen LogP contribution in [0.4, 0.5) is 0 Å². The van der Waals surface area contributed by atoms with Gasteiger partial charge in [-0.3, -0.25) is 4.79 Å². The number of ketones is 1. The minimum Gasteiger partial charge on any atom is -0.379 e. The second-order valence-electron chi connectivity index (χ2n) is 9.45. The summed E-state index contributed by atoms with van der Waals surface area (Å²) >= 11 is 0. The van der Waals surface area contributed by atoms with E-state index in [2.05, 4.69) is 19.9 Å². The van der Waals surface area contributed by atoms with Gasteiger partial charge in [0.1, 0.15) is 5.78 Å². The molecule has 0 amide bonds. The Morgan fingerprint density at radius 3 is 2.56 bits per heavy atom. The van der Waals surface area contributed by atoms with E-state index in [1.807, 2.05) is 6.92 Å². The van der Waals surface area contributed by atoms with Crippen molar-refractivity contribution in [2.45, 2.75) is 78.2 Å². The Morgan fingerprint density at radius 2 is 1.89 bits per heavy atom. The molecule has 0 bridgehead atoms. The van der Waals surface area contributed by atoms with Crippen LogP contribution in [0.5, 0.6) is 0 Å². The van der Waals surface area contributed by atoms with Crippen LogP contribution < -0.4 is 0 Å². The third kappa shape index (κ3) is 3.58. The molecule has 0 aliphatic heterocycles. The highest BCUT2D eigenvalue weighted by Crippen LogP contribution is 2.62. The first kappa shape index (κ1) is 20.8. The number of nitriles is 1. The van der Waals surface area contributed by atoms with Crippen LogP contribution in [0.25, 0.3) is 0 Å². The third-order valence-corrected chi connectivity index (χ3v) is 8.43. The van der Waals surface area contributed by atoms with E-state index in [1.54, 1.807) is 6.92 Å². The summed E-state index contributed by atoms with van der Waals surface area (Å²) in [6.07, 6.45) is 7.61. The number of ether oxygens (including phenoxy) is 2. The minimum atomic E-state index is -0.666. The molecule has 3 aliphatic carbocycles. The fraction of sp³-hybridized carbons (Fsp3) is 0.913. The Morgan fingerprint density at radius 1 is 1.15 bits per heavy atom. The molecule has 0 aromatic rings. The number of fused-ring (bicyclic) bond motifs is 3. The average Bonchev–Trinajstić information content (AvgIpc) is 2.65.